The Hall–Kier alpha value is -1.30. The highest BCUT2D eigenvalue weighted by Crippen LogP contribution is 2.08. The molecule has 0 aromatic rings. The van der Waals surface area contributed by atoms with Crippen LogP contribution in [0.15, 0.2) is 0 Å². The average molecular weight is 202 g/mol. The van der Waals surface area contributed by atoms with Crippen LogP contribution in [0, 0.1) is 0 Å². The van der Waals surface area contributed by atoms with Crippen molar-refractivity contribution >= 4 is 12.1 Å². The summed E-state index contributed by atoms with van der Waals surface area (Å²) in [5, 5.41) is 9.94. The van der Waals surface area contributed by atoms with Gasteiger partial charge in [-0.3, -0.25) is 4.79 Å². The van der Waals surface area contributed by atoms with Gasteiger partial charge in [0.15, 0.2) is 0 Å². The highest BCUT2D eigenvalue weighted by Gasteiger charge is 2.27. The van der Waals surface area contributed by atoms with Crippen molar-refractivity contribution in [2.24, 2.45) is 0 Å². The van der Waals surface area contributed by atoms with Crippen LogP contribution in [-0.2, 0) is 9.53 Å². The minimum absolute atomic E-state index is 0.286. The van der Waals surface area contributed by atoms with Crippen LogP contribution in [-0.4, -0.2) is 41.4 Å². The maximum Gasteiger partial charge on any atom is 0.424 e. The van der Waals surface area contributed by atoms with Crippen LogP contribution in [0.4, 0.5) is 4.79 Å². The molecule has 0 spiro atoms. The third-order valence-corrected chi connectivity index (χ3v) is 1.97. The van der Waals surface area contributed by atoms with Crippen molar-refractivity contribution in [3.05, 3.63) is 0 Å². The van der Waals surface area contributed by atoms with Gasteiger partial charge in [-0.15, -0.1) is 0 Å². The Morgan fingerprint density at radius 3 is 2.93 bits per heavy atom. The normalized spacial score (nSPS) is 21.8. The maximum atomic E-state index is 11.2. The number of nitrogens with one attached hydrogen (secondary N) is 1. The zero-order chi connectivity index (χ0) is 10.6. The molecule has 6 heteroatoms. The zero-order valence-corrected chi connectivity index (χ0v) is 8.02. The molecule has 0 radical (unpaired) electrons. The number of rotatable bonds is 2. The number of carbonyl (C=O) groups is 2. The van der Waals surface area contributed by atoms with Crippen molar-refractivity contribution < 1.29 is 19.4 Å². The number of hydrogen-bond acceptors (Lipinski definition) is 4. The fraction of sp³-hybridized carbons (Fsp3) is 0.750. The largest absolute Gasteiger partial charge is 0.480 e. The Morgan fingerprint density at radius 2 is 2.36 bits per heavy atom. The van der Waals surface area contributed by atoms with Gasteiger partial charge in [0.25, 0.3) is 0 Å². The molecule has 0 saturated carbocycles. The SMILES string of the molecule is CCOC(=O)N1CCCC(C(=O)O)N1. The quantitative estimate of drug-likeness (QED) is 0.668. The second-order valence-corrected chi connectivity index (χ2v) is 3.01. The first kappa shape index (κ1) is 10.8. The number of carbonyl (C=O) groups excluding carboxylic acids is 1. The summed E-state index contributed by atoms with van der Waals surface area (Å²) in [5.74, 6) is -0.945. The van der Waals surface area contributed by atoms with E-state index in [-0.39, 0.29) is 6.61 Å². The minimum Gasteiger partial charge on any atom is -0.480 e. The average Bonchev–Trinajstić information content (AvgIpc) is 2.18. The van der Waals surface area contributed by atoms with Crippen LogP contribution < -0.4 is 5.43 Å². The Morgan fingerprint density at radius 1 is 1.64 bits per heavy atom. The van der Waals surface area contributed by atoms with E-state index in [0.717, 1.165) is 0 Å². The lowest BCUT2D eigenvalue weighted by Crippen LogP contribution is -2.55. The zero-order valence-electron chi connectivity index (χ0n) is 8.02. The summed E-state index contributed by atoms with van der Waals surface area (Å²) < 4.78 is 4.74. The highest BCUT2D eigenvalue weighted by atomic mass is 16.6. The van der Waals surface area contributed by atoms with E-state index in [9.17, 15) is 9.59 Å². The second-order valence-electron chi connectivity index (χ2n) is 3.01. The van der Waals surface area contributed by atoms with Crippen LogP contribution in [0.5, 0.6) is 0 Å². The van der Waals surface area contributed by atoms with Gasteiger partial charge >= 0.3 is 12.1 Å². The third-order valence-electron chi connectivity index (χ3n) is 1.97. The first-order valence-electron chi connectivity index (χ1n) is 4.58. The number of nitrogens with zero attached hydrogens (tertiary/aromatic N) is 1. The summed E-state index contributed by atoms with van der Waals surface area (Å²) >= 11 is 0. The van der Waals surface area contributed by atoms with Gasteiger partial charge < -0.3 is 9.84 Å². The molecule has 0 bridgehead atoms. The minimum atomic E-state index is -0.945. The molecular formula is C8H14N2O4. The predicted molar refractivity (Wildman–Crippen MR) is 47.5 cm³/mol. The van der Waals surface area contributed by atoms with Crippen molar-refractivity contribution in [3.8, 4) is 0 Å². The van der Waals surface area contributed by atoms with Gasteiger partial charge in [0.2, 0.25) is 0 Å². The first-order valence-corrected chi connectivity index (χ1v) is 4.58. The molecule has 1 amide bonds. The molecule has 0 aromatic carbocycles. The molecule has 1 rings (SSSR count). The molecule has 1 aliphatic heterocycles. The summed E-state index contributed by atoms with van der Waals surface area (Å²) in [6.45, 7) is 2.48. The fourth-order valence-corrected chi connectivity index (χ4v) is 1.29. The summed E-state index contributed by atoms with van der Waals surface area (Å²) in [5.41, 5.74) is 2.60. The molecule has 1 heterocycles. The van der Waals surface area contributed by atoms with E-state index in [2.05, 4.69) is 5.43 Å². The van der Waals surface area contributed by atoms with Gasteiger partial charge in [-0.25, -0.2) is 15.2 Å². The molecule has 80 valence electrons. The summed E-state index contributed by atoms with van der Waals surface area (Å²) in [6, 6.07) is -0.687. The lowest BCUT2D eigenvalue weighted by atomic mass is 10.1. The van der Waals surface area contributed by atoms with Crippen LogP contribution in [0.25, 0.3) is 0 Å². The number of ether oxygens (including phenoxy) is 1. The standard InChI is InChI=1S/C8H14N2O4/c1-2-14-8(13)10-5-3-4-6(9-10)7(11)12/h6,9H,2-5H2,1H3,(H,11,12). The van der Waals surface area contributed by atoms with E-state index in [1.807, 2.05) is 0 Å². The van der Waals surface area contributed by atoms with Gasteiger partial charge in [0, 0.05) is 6.54 Å². The van der Waals surface area contributed by atoms with E-state index < -0.39 is 18.1 Å². The molecule has 6 nitrogen and oxygen atoms in total. The van der Waals surface area contributed by atoms with E-state index >= 15 is 0 Å². The predicted octanol–water partition coefficient (Wildman–Crippen LogP) is 0.196. The van der Waals surface area contributed by atoms with E-state index in [4.69, 9.17) is 9.84 Å². The molecular weight excluding hydrogens is 188 g/mol. The molecule has 1 fully saturated rings. The van der Waals surface area contributed by atoms with Crippen LogP contribution in [0.3, 0.4) is 0 Å². The molecule has 1 atom stereocenters. The molecule has 0 aliphatic carbocycles. The highest BCUT2D eigenvalue weighted by molar-refractivity contribution is 5.74. The lowest BCUT2D eigenvalue weighted by Gasteiger charge is -2.30. The fourth-order valence-electron chi connectivity index (χ4n) is 1.29. The van der Waals surface area contributed by atoms with Crippen molar-refractivity contribution in [2.45, 2.75) is 25.8 Å². The Kier molecular flexibility index (Phi) is 3.70. The number of carboxylic acid groups (broad SMARTS) is 1. The third kappa shape index (κ3) is 2.59. The van der Waals surface area contributed by atoms with Gasteiger partial charge in [-0.05, 0) is 19.8 Å². The Balaban J connectivity index is 2.47. The molecule has 2 N–H and O–H groups in total. The number of amides is 1. The smallest absolute Gasteiger partial charge is 0.424 e. The summed E-state index contributed by atoms with van der Waals surface area (Å²) in [6.07, 6.45) is 0.687. The molecule has 1 saturated heterocycles. The summed E-state index contributed by atoms with van der Waals surface area (Å²) in [7, 11) is 0. The first-order chi connectivity index (χ1) is 6.65. The van der Waals surface area contributed by atoms with Crippen molar-refractivity contribution in [1.29, 1.82) is 0 Å². The maximum absolute atomic E-state index is 11.2. The number of hydrazine groups is 1. The van der Waals surface area contributed by atoms with E-state index in [1.54, 1.807) is 6.92 Å². The van der Waals surface area contributed by atoms with Gasteiger partial charge in [-0.1, -0.05) is 0 Å². The molecule has 14 heavy (non-hydrogen) atoms. The van der Waals surface area contributed by atoms with Crippen molar-refractivity contribution in [2.75, 3.05) is 13.2 Å². The topological polar surface area (TPSA) is 78.9 Å². The van der Waals surface area contributed by atoms with E-state index in [0.29, 0.717) is 19.4 Å². The number of hydrogen-bond donors (Lipinski definition) is 2. The van der Waals surface area contributed by atoms with E-state index in [1.165, 1.54) is 5.01 Å². The molecule has 1 unspecified atom stereocenters. The molecule has 0 aromatic heterocycles. The van der Waals surface area contributed by atoms with Crippen LogP contribution in [0.1, 0.15) is 19.8 Å². The van der Waals surface area contributed by atoms with Crippen LogP contribution >= 0.6 is 0 Å². The number of aliphatic carboxylic acids is 1. The summed E-state index contributed by atoms with van der Waals surface area (Å²) in [4.78, 5) is 21.9. The Labute approximate surface area is 81.8 Å². The van der Waals surface area contributed by atoms with Gasteiger partial charge in [-0.2, -0.15) is 0 Å². The van der Waals surface area contributed by atoms with Gasteiger partial charge in [0.1, 0.15) is 6.04 Å². The monoisotopic (exact) mass is 202 g/mol. The molecule has 1 aliphatic rings. The van der Waals surface area contributed by atoms with Crippen molar-refractivity contribution in [1.82, 2.24) is 10.4 Å². The van der Waals surface area contributed by atoms with Crippen LogP contribution in [0.2, 0.25) is 0 Å². The lowest BCUT2D eigenvalue weighted by molar-refractivity contribution is -0.142. The van der Waals surface area contributed by atoms with Gasteiger partial charge in [0.05, 0.1) is 6.61 Å². The Bertz CT molecular complexity index is 231. The van der Waals surface area contributed by atoms with Crippen molar-refractivity contribution in [3.63, 3.8) is 0 Å². The second kappa shape index (κ2) is 4.80. The number of carboxylic acids is 1.